The normalized spacial score (nSPS) is 15.3. The molecule has 2 aromatic carbocycles. The van der Waals surface area contributed by atoms with E-state index in [-0.39, 0.29) is 0 Å². The summed E-state index contributed by atoms with van der Waals surface area (Å²) in [5.74, 6) is 0.423. The quantitative estimate of drug-likeness (QED) is 0.297. The maximum atomic E-state index is 12.7. The molecule has 1 fully saturated rings. The molecule has 2 aromatic heterocycles. The monoisotopic (exact) mass is 611 g/mol. The van der Waals surface area contributed by atoms with Crippen molar-refractivity contribution >= 4 is 54.1 Å². The average molecular weight is 612 g/mol. The summed E-state index contributed by atoms with van der Waals surface area (Å²) in [6, 6.07) is 17.0. The van der Waals surface area contributed by atoms with Gasteiger partial charge in [-0.15, -0.1) is 0 Å². The van der Waals surface area contributed by atoms with Crippen LogP contribution in [0, 0.1) is 0 Å². The van der Waals surface area contributed by atoms with Gasteiger partial charge in [-0.3, -0.25) is 4.72 Å². The number of aromatic nitrogens is 3. The van der Waals surface area contributed by atoms with Crippen molar-refractivity contribution in [3.8, 4) is 5.69 Å². The van der Waals surface area contributed by atoms with Crippen molar-refractivity contribution < 1.29 is 16.8 Å². The van der Waals surface area contributed by atoms with Gasteiger partial charge < -0.3 is 14.8 Å². The smallest absolute Gasteiger partial charge is 0.237 e. The summed E-state index contributed by atoms with van der Waals surface area (Å²) in [7, 11) is -6.81. The highest BCUT2D eigenvalue weighted by atomic mass is 32.2. The summed E-state index contributed by atoms with van der Waals surface area (Å²) in [6.45, 7) is 10.6. The van der Waals surface area contributed by atoms with E-state index in [4.69, 9.17) is 4.98 Å². The van der Waals surface area contributed by atoms with Gasteiger partial charge in [0.05, 0.1) is 15.7 Å². The Balaban J connectivity index is 1.30. The Labute approximate surface area is 247 Å². The van der Waals surface area contributed by atoms with Crippen LogP contribution in [0.3, 0.4) is 0 Å². The Morgan fingerprint density at radius 1 is 0.857 bits per heavy atom. The second-order valence-electron chi connectivity index (χ2n) is 11.6. The van der Waals surface area contributed by atoms with Gasteiger partial charge in [-0.25, -0.2) is 21.8 Å². The summed E-state index contributed by atoms with van der Waals surface area (Å²) in [5, 5.41) is 3.68. The summed E-state index contributed by atoms with van der Waals surface area (Å²) >= 11 is 0. The lowest BCUT2D eigenvalue weighted by molar-refractivity contribution is 0.381. The highest BCUT2D eigenvalue weighted by Crippen LogP contribution is 2.26. The van der Waals surface area contributed by atoms with Crippen molar-refractivity contribution in [3.63, 3.8) is 0 Å². The van der Waals surface area contributed by atoms with Crippen molar-refractivity contribution in [2.45, 2.75) is 44.6 Å². The third-order valence-corrected chi connectivity index (χ3v) is 11.7. The minimum absolute atomic E-state index is 0.418. The maximum absolute atomic E-state index is 12.7. The number of hydrogen-bond acceptors (Lipinski definition) is 8. The second kappa shape index (κ2) is 11.2. The van der Waals surface area contributed by atoms with Crippen molar-refractivity contribution in [1.29, 1.82) is 0 Å². The molecule has 1 aliphatic rings. The molecule has 0 saturated carbocycles. The molecule has 224 valence electrons. The maximum Gasteiger partial charge on any atom is 0.237 e. The summed E-state index contributed by atoms with van der Waals surface area (Å²) in [5.41, 5.74) is 3.74. The first kappa shape index (κ1) is 29.8. The molecule has 0 unspecified atom stereocenters. The second-order valence-corrected chi connectivity index (χ2v) is 16.5. The van der Waals surface area contributed by atoms with E-state index in [9.17, 15) is 16.8 Å². The zero-order chi connectivity index (χ0) is 30.3. The predicted octanol–water partition coefficient (Wildman–Crippen LogP) is 4.56. The molecule has 0 aliphatic carbocycles. The van der Waals surface area contributed by atoms with Crippen LogP contribution in [0.15, 0.2) is 67.0 Å². The van der Waals surface area contributed by atoms with Gasteiger partial charge in [0.1, 0.15) is 5.65 Å². The lowest BCUT2D eigenvalue weighted by atomic mass is 10.2. The number of rotatable bonds is 8. The number of benzene rings is 2. The number of hydrogen-bond donors (Lipinski definition) is 2. The van der Waals surface area contributed by atoms with E-state index in [2.05, 4.69) is 19.9 Å². The molecule has 0 amide bonds. The highest BCUT2D eigenvalue weighted by Gasteiger charge is 2.30. The van der Waals surface area contributed by atoms with Crippen LogP contribution in [-0.2, 0) is 20.0 Å². The molecule has 3 heterocycles. The standard InChI is InChI=1S/C29H37N7O4S2/c1-21(2)41(37,38)35-17-15-34(16-18-35)25-11-9-23(10-12-25)31-28-30-20-22-13-14-36(27(22)32-28)26-8-6-7-24(19-26)33-42(39,40)29(3,4)5/h6-14,19-21,33H,15-18H2,1-5H3,(H,30,31,32). The van der Waals surface area contributed by atoms with Crippen LogP contribution >= 0.6 is 0 Å². The van der Waals surface area contributed by atoms with Gasteiger partial charge in [-0.1, -0.05) is 6.07 Å². The molecule has 11 nitrogen and oxygen atoms in total. The predicted molar refractivity (Wildman–Crippen MR) is 169 cm³/mol. The lowest BCUT2D eigenvalue weighted by Crippen LogP contribution is -2.50. The van der Waals surface area contributed by atoms with Crippen LogP contribution in [0.4, 0.5) is 23.0 Å². The Hall–Kier alpha value is -3.68. The van der Waals surface area contributed by atoms with E-state index in [0.29, 0.717) is 43.5 Å². The van der Waals surface area contributed by atoms with Gasteiger partial charge in [0.15, 0.2) is 0 Å². The molecule has 0 radical (unpaired) electrons. The van der Waals surface area contributed by atoms with E-state index in [1.54, 1.807) is 63.3 Å². The number of fused-ring (bicyclic) bond motifs is 1. The molecule has 1 aliphatic heterocycles. The molecule has 1 saturated heterocycles. The van der Waals surface area contributed by atoms with Crippen molar-refractivity contribution in [1.82, 2.24) is 18.8 Å². The first-order chi connectivity index (χ1) is 19.7. The third-order valence-electron chi connectivity index (χ3n) is 7.29. The topological polar surface area (TPSA) is 130 Å². The molecule has 13 heteroatoms. The van der Waals surface area contributed by atoms with Crippen LogP contribution in [0.2, 0.25) is 0 Å². The zero-order valence-corrected chi connectivity index (χ0v) is 26.1. The molecular weight excluding hydrogens is 574 g/mol. The van der Waals surface area contributed by atoms with Crippen LogP contribution in [0.25, 0.3) is 16.7 Å². The molecule has 0 spiro atoms. The molecular formula is C29H37N7O4S2. The van der Waals surface area contributed by atoms with E-state index in [1.165, 1.54) is 0 Å². The fraction of sp³-hybridized carbons (Fsp3) is 0.379. The SMILES string of the molecule is CC(C)S(=O)(=O)N1CCN(c2ccc(Nc3ncc4ccn(-c5cccc(NS(=O)(=O)C(C)(C)C)c5)c4n3)cc2)CC1. The highest BCUT2D eigenvalue weighted by molar-refractivity contribution is 7.94. The van der Waals surface area contributed by atoms with Crippen molar-refractivity contribution in [3.05, 3.63) is 67.0 Å². The van der Waals surface area contributed by atoms with Crippen molar-refractivity contribution in [2.24, 2.45) is 0 Å². The largest absolute Gasteiger partial charge is 0.369 e. The number of nitrogens with one attached hydrogen (secondary N) is 2. The fourth-order valence-electron chi connectivity index (χ4n) is 4.60. The van der Waals surface area contributed by atoms with Crippen LogP contribution in [0.5, 0.6) is 0 Å². The van der Waals surface area contributed by atoms with Crippen LogP contribution in [0.1, 0.15) is 34.6 Å². The van der Waals surface area contributed by atoms with Crippen molar-refractivity contribution in [2.75, 3.05) is 41.1 Å². The number of nitrogens with zero attached hydrogens (tertiary/aromatic N) is 5. The van der Waals surface area contributed by atoms with E-state index < -0.39 is 30.0 Å². The van der Waals surface area contributed by atoms with Gasteiger partial charge in [0.2, 0.25) is 26.0 Å². The Kier molecular flexibility index (Phi) is 7.94. The van der Waals surface area contributed by atoms with Crippen LogP contribution < -0.4 is 14.9 Å². The first-order valence-corrected chi connectivity index (χ1v) is 16.8. The minimum atomic E-state index is -3.57. The number of sulfonamides is 2. The summed E-state index contributed by atoms with van der Waals surface area (Å²) in [4.78, 5) is 11.4. The molecule has 4 aromatic rings. The molecule has 5 rings (SSSR count). The minimum Gasteiger partial charge on any atom is -0.369 e. The molecule has 42 heavy (non-hydrogen) atoms. The number of anilines is 4. The molecule has 0 atom stereocenters. The van der Waals surface area contributed by atoms with E-state index in [1.807, 2.05) is 47.2 Å². The Bertz CT molecular complexity index is 1790. The van der Waals surface area contributed by atoms with Gasteiger partial charge in [-0.2, -0.15) is 9.29 Å². The number of piperazine rings is 1. The lowest BCUT2D eigenvalue weighted by Gasteiger charge is -2.36. The Morgan fingerprint density at radius 3 is 2.19 bits per heavy atom. The van der Waals surface area contributed by atoms with E-state index in [0.717, 1.165) is 22.4 Å². The summed E-state index contributed by atoms with van der Waals surface area (Å²) < 4.78 is 55.5. The average Bonchev–Trinajstić information content (AvgIpc) is 3.36. The van der Waals surface area contributed by atoms with Gasteiger partial charge in [-0.05, 0) is 83.1 Å². The van der Waals surface area contributed by atoms with Crippen LogP contribution in [-0.4, -0.2) is 71.9 Å². The van der Waals surface area contributed by atoms with Gasteiger partial charge in [0, 0.05) is 61.0 Å². The fourth-order valence-corrected chi connectivity index (χ4v) is 6.61. The third kappa shape index (κ3) is 6.08. The first-order valence-electron chi connectivity index (χ1n) is 13.8. The van der Waals surface area contributed by atoms with Gasteiger partial charge in [0.25, 0.3) is 0 Å². The summed E-state index contributed by atoms with van der Waals surface area (Å²) in [6.07, 6.45) is 3.62. The molecule has 0 bridgehead atoms. The van der Waals surface area contributed by atoms with Gasteiger partial charge >= 0.3 is 0 Å². The van der Waals surface area contributed by atoms with E-state index >= 15 is 0 Å². The molecule has 2 N–H and O–H groups in total. The Morgan fingerprint density at radius 2 is 1.55 bits per heavy atom. The zero-order valence-electron chi connectivity index (χ0n) is 24.4.